The molecule has 0 saturated carbocycles. The molecule has 3 nitrogen and oxygen atoms in total. The van der Waals surface area contributed by atoms with Gasteiger partial charge >= 0.3 is 0 Å². The van der Waals surface area contributed by atoms with E-state index < -0.39 is 0 Å². The Kier molecular flexibility index (Phi) is 5.03. The smallest absolute Gasteiger partial charge is 0.0485 e. The molecule has 0 spiro atoms. The summed E-state index contributed by atoms with van der Waals surface area (Å²) >= 11 is 3.65. The zero-order chi connectivity index (χ0) is 13.0. The summed E-state index contributed by atoms with van der Waals surface area (Å²) in [6.45, 7) is 2.66. The number of nitrogens with one attached hydrogen (secondary N) is 1. The third-order valence-corrected chi connectivity index (χ3v) is 4.29. The Balaban J connectivity index is 2.10. The molecule has 4 heteroatoms. The number of nitrogens with zero attached hydrogens (tertiary/aromatic N) is 1. The summed E-state index contributed by atoms with van der Waals surface area (Å²) in [5.74, 6) is 0. The molecule has 0 amide bonds. The molecule has 1 saturated heterocycles. The Bertz CT molecular complexity index is 391. The van der Waals surface area contributed by atoms with E-state index in [2.05, 4.69) is 51.4 Å². The van der Waals surface area contributed by atoms with Crippen molar-refractivity contribution < 1.29 is 4.74 Å². The number of benzene rings is 1. The lowest BCUT2D eigenvalue weighted by Crippen LogP contribution is -2.36. The number of ether oxygens (including phenoxy) is 1. The van der Waals surface area contributed by atoms with Gasteiger partial charge in [-0.05, 0) is 37.6 Å². The summed E-state index contributed by atoms with van der Waals surface area (Å²) in [5.41, 5.74) is 2.57. The molecule has 18 heavy (non-hydrogen) atoms. The van der Waals surface area contributed by atoms with Gasteiger partial charge in [0.1, 0.15) is 0 Å². The van der Waals surface area contributed by atoms with E-state index in [0.29, 0.717) is 6.04 Å². The van der Waals surface area contributed by atoms with Crippen LogP contribution in [0.3, 0.4) is 0 Å². The highest BCUT2D eigenvalue weighted by Crippen LogP contribution is 2.26. The molecule has 1 aliphatic rings. The highest BCUT2D eigenvalue weighted by molar-refractivity contribution is 9.10. The fraction of sp³-hybridized carbons (Fsp3) is 0.571. The van der Waals surface area contributed by atoms with Crippen LogP contribution in [0.2, 0.25) is 0 Å². The quantitative estimate of drug-likeness (QED) is 0.925. The second-order valence-corrected chi connectivity index (χ2v) is 5.61. The largest absolute Gasteiger partial charge is 0.381 e. The van der Waals surface area contributed by atoms with Gasteiger partial charge in [0.25, 0.3) is 0 Å². The minimum Gasteiger partial charge on any atom is -0.381 e. The van der Waals surface area contributed by atoms with Gasteiger partial charge in [-0.25, -0.2) is 0 Å². The second-order valence-electron chi connectivity index (χ2n) is 4.76. The Labute approximate surface area is 118 Å². The predicted octanol–water partition coefficient (Wildman–Crippen LogP) is 2.78. The van der Waals surface area contributed by atoms with Crippen LogP contribution in [0.5, 0.6) is 0 Å². The molecule has 0 radical (unpaired) electrons. The molecule has 0 bridgehead atoms. The van der Waals surface area contributed by atoms with Crippen LogP contribution in [0.15, 0.2) is 22.7 Å². The molecule has 1 heterocycles. The Hall–Kier alpha value is -0.580. The highest BCUT2D eigenvalue weighted by atomic mass is 79.9. The molecule has 1 fully saturated rings. The van der Waals surface area contributed by atoms with Crippen molar-refractivity contribution in [3.63, 3.8) is 0 Å². The lowest BCUT2D eigenvalue weighted by Gasteiger charge is -2.33. The molecule has 100 valence electrons. The molecule has 0 unspecified atom stereocenters. The third-order valence-electron chi connectivity index (χ3n) is 3.55. The van der Waals surface area contributed by atoms with Crippen molar-refractivity contribution in [2.24, 2.45) is 0 Å². The van der Waals surface area contributed by atoms with Crippen LogP contribution >= 0.6 is 15.9 Å². The van der Waals surface area contributed by atoms with Gasteiger partial charge in [-0.1, -0.05) is 22.0 Å². The third kappa shape index (κ3) is 3.25. The summed E-state index contributed by atoms with van der Waals surface area (Å²) in [6, 6.07) is 7.20. The molecule has 1 aliphatic heterocycles. The number of hydrogen-bond acceptors (Lipinski definition) is 3. The van der Waals surface area contributed by atoms with Gasteiger partial charge in [0, 0.05) is 43.0 Å². The van der Waals surface area contributed by atoms with Gasteiger partial charge in [0.05, 0.1) is 0 Å². The maximum atomic E-state index is 5.42. The molecule has 1 aromatic rings. The zero-order valence-corrected chi connectivity index (χ0v) is 12.7. The average Bonchev–Trinajstić information content (AvgIpc) is 2.41. The first kappa shape index (κ1) is 13.8. The molecular formula is C14H21BrN2O. The summed E-state index contributed by atoms with van der Waals surface area (Å²) in [6.07, 6.45) is 2.23. The number of hydrogen-bond donors (Lipinski definition) is 1. The fourth-order valence-corrected chi connectivity index (χ4v) is 2.88. The van der Waals surface area contributed by atoms with Crippen LogP contribution in [-0.4, -0.2) is 33.4 Å². The van der Waals surface area contributed by atoms with Crippen molar-refractivity contribution in [3.8, 4) is 0 Å². The molecule has 0 aliphatic carbocycles. The van der Waals surface area contributed by atoms with Crippen LogP contribution in [-0.2, 0) is 11.3 Å². The van der Waals surface area contributed by atoms with Gasteiger partial charge in [-0.2, -0.15) is 0 Å². The molecule has 2 rings (SSSR count). The second kappa shape index (κ2) is 6.55. The first-order chi connectivity index (χ1) is 8.72. The van der Waals surface area contributed by atoms with E-state index in [1.807, 2.05) is 7.05 Å². The van der Waals surface area contributed by atoms with E-state index in [9.17, 15) is 0 Å². The first-order valence-electron chi connectivity index (χ1n) is 6.46. The molecule has 1 aromatic carbocycles. The normalized spacial score (nSPS) is 16.8. The monoisotopic (exact) mass is 312 g/mol. The van der Waals surface area contributed by atoms with E-state index >= 15 is 0 Å². The van der Waals surface area contributed by atoms with Crippen molar-refractivity contribution in [3.05, 3.63) is 28.2 Å². The van der Waals surface area contributed by atoms with Gasteiger partial charge in [-0.3, -0.25) is 0 Å². The fourth-order valence-electron chi connectivity index (χ4n) is 2.37. The van der Waals surface area contributed by atoms with Crippen LogP contribution in [0.1, 0.15) is 18.4 Å². The van der Waals surface area contributed by atoms with E-state index in [0.717, 1.165) is 32.6 Å². The van der Waals surface area contributed by atoms with Gasteiger partial charge in [0.15, 0.2) is 0 Å². The zero-order valence-electron chi connectivity index (χ0n) is 11.1. The van der Waals surface area contributed by atoms with Crippen LogP contribution in [0.25, 0.3) is 0 Å². The Morgan fingerprint density at radius 1 is 1.39 bits per heavy atom. The van der Waals surface area contributed by atoms with E-state index in [1.165, 1.54) is 15.7 Å². The van der Waals surface area contributed by atoms with E-state index in [-0.39, 0.29) is 0 Å². The van der Waals surface area contributed by atoms with Gasteiger partial charge in [-0.15, -0.1) is 0 Å². The van der Waals surface area contributed by atoms with Crippen molar-refractivity contribution in [2.45, 2.75) is 25.4 Å². The lowest BCUT2D eigenvalue weighted by atomic mass is 10.1. The lowest BCUT2D eigenvalue weighted by molar-refractivity contribution is 0.0855. The van der Waals surface area contributed by atoms with E-state index in [4.69, 9.17) is 4.74 Å². The minimum absolute atomic E-state index is 0.598. The maximum Gasteiger partial charge on any atom is 0.0485 e. The highest BCUT2D eigenvalue weighted by Gasteiger charge is 2.19. The van der Waals surface area contributed by atoms with Crippen LogP contribution in [0, 0.1) is 0 Å². The molecule has 0 aromatic heterocycles. The summed E-state index contributed by atoms with van der Waals surface area (Å²) in [5, 5.41) is 3.18. The van der Waals surface area contributed by atoms with E-state index in [1.54, 1.807) is 0 Å². The SMILES string of the molecule is CNCc1ccc(N(C)C2CCOCC2)cc1Br. The summed E-state index contributed by atoms with van der Waals surface area (Å²) in [4.78, 5) is 2.37. The topological polar surface area (TPSA) is 24.5 Å². The van der Waals surface area contributed by atoms with Crippen molar-refractivity contribution in [1.29, 1.82) is 0 Å². The van der Waals surface area contributed by atoms with Crippen molar-refractivity contribution in [2.75, 3.05) is 32.2 Å². The predicted molar refractivity (Wildman–Crippen MR) is 79.1 cm³/mol. The minimum atomic E-state index is 0.598. The van der Waals surface area contributed by atoms with Crippen molar-refractivity contribution >= 4 is 21.6 Å². The van der Waals surface area contributed by atoms with Crippen LogP contribution in [0.4, 0.5) is 5.69 Å². The Morgan fingerprint density at radius 2 is 2.11 bits per heavy atom. The number of anilines is 1. The molecule has 0 atom stereocenters. The molecular weight excluding hydrogens is 292 g/mol. The van der Waals surface area contributed by atoms with Crippen molar-refractivity contribution in [1.82, 2.24) is 5.32 Å². The molecule has 1 N–H and O–H groups in total. The summed E-state index contributed by atoms with van der Waals surface area (Å²) in [7, 11) is 4.14. The number of halogens is 1. The average molecular weight is 313 g/mol. The van der Waals surface area contributed by atoms with Gasteiger partial charge < -0.3 is 15.0 Å². The Morgan fingerprint density at radius 3 is 2.72 bits per heavy atom. The maximum absolute atomic E-state index is 5.42. The van der Waals surface area contributed by atoms with Gasteiger partial charge in [0.2, 0.25) is 0 Å². The standard InChI is InChI=1S/C14H21BrN2O/c1-16-10-11-3-4-13(9-14(11)15)17(2)12-5-7-18-8-6-12/h3-4,9,12,16H,5-8,10H2,1-2H3. The van der Waals surface area contributed by atoms with Crippen LogP contribution < -0.4 is 10.2 Å². The number of rotatable bonds is 4. The summed E-state index contributed by atoms with van der Waals surface area (Å²) < 4.78 is 6.59. The first-order valence-corrected chi connectivity index (χ1v) is 7.25.